The van der Waals surface area contributed by atoms with Gasteiger partial charge in [0, 0.05) is 52.8 Å². The van der Waals surface area contributed by atoms with E-state index >= 15 is 0 Å². The number of nitrogens with one attached hydrogen (secondary N) is 1. The van der Waals surface area contributed by atoms with Crippen LogP contribution in [-0.2, 0) is 4.74 Å². The van der Waals surface area contributed by atoms with Crippen LogP contribution in [0.15, 0.2) is 40.9 Å². The van der Waals surface area contributed by atoms with Crippen LogP contribution in [0.25, 0.3) is 10.8 Å². The third-order valence-electron chi connectivity index (χ3n) is 6.00. The largest absolute Gasteiger partial charge is 0.385 e. The molecule has 4 rings (SSSR count). The molecule has 0 saturated carbocycles. The minimum absolute atomic E-state index is 0.151. The van der Waals surface area contributed by atoms with Gasteiger partial charge >= 0.3 is 0 Å². The molecule has 1 aliphatic heterocycles. The molecule has 1 heterocycles. The summed E-state index contributed by atoms with van der Waals surface area (Å²) >= 11 is 3.50. The Labute approximate surface area is 198 Å². The molecule has 0 atom stereocenters. The highest BCUT2D eigenvalue weighted by Gasteiger charge is 2.36. The third-order valence-corrected chi connectivity index (χ3v) is 6.86. The Bertz CT molecular complexity index is 1320. The molecule has 0 bridgehead atoms. The quantitative estimate of drug-likeness (QED) is 0.194. The molecule has 0 spiro atoms. The number of hydrogen-bond donors (Lipinski definition) is 1. The number of anilines is 2. The summed E-state index contributed by atoms with van der Waals surface area (Å²) in [6.45, 7) is 4.44. The number of nitro benzene ring substituents is 1. The van der Waals surface area contributed by atoms with Crippen LogP contribution in [0.1, 0.15) is 38.3 Å². The smallest absolute Gasteiger partial charge is 0.294 e. The summed E-state index contributed by atoms with van der Waals surface area (Å²) in [4.78, 5) is 39.0. The van der Waals surface area contributed by atoms with E-state index in [1.54, 1.807) is 25.3 Å². The van der Waals surface area contributed by atoms with E-state index in [1.165, 1.54) is 6.07 Å². The van der Waals surface area contributed by atoms with Crippen molar-refractivity contribution in [1.29, 1.82) is 0 Å². The SMILES string of the molecule is COCCCN1C(=O)c2cccc3c(Nc4ccc(Br)c(C)c4C)c([N+](=O)[O-])cc(c23)C1=O. The predicted molar refractivity (Wildman–Crippen MR) is 129 cm³/mol. The fourth-order valence-electron chi connectivity index (χ4n) is 4.10. The number of rotatable bonds is 7. The van der Waals surface area contributed by atoms with Crippen molar-refractivity contribution in [2.24, 2.45) is 0 Å². The molecule has 2 amide bonds. The van der Waals surface area contributed by atoms with Crippen molar-refractivity contribution in [3.63, 3.8) is 0 Å². The van der Waals surface area contributed by atoms with Gasteiger partial charge in [-0.15, -0.1) is 0 Å². The van der Waals surface area contributed by atoms with Gasteiger partial charge < -0.3 is 10.1 Å². The van der Waals surface area contributed by atoms with Crippen LogP contribution in [-0.4, -0.2) is 41.9 Å². The zero-order valence-corrected chi connectivity index (χ0v) is 20.0. The Morgan fingerprint density at radius 2 is 1.82 bits per heavy atom. The number of imide groups is 1. The van der Waals surface area contributed by atoms with Crippen molar-refractivity contribution in [2.45, 2.75) is 20.3 Å². The minimum atomic E-state index is -0.537. The Kier molecular flexibility index (Phi) is 6.18. The molecule has 3 aromatic rings. The van der Waals surface area contributed by atoms with Gasteiger partial charge in [-0.1, -0.05) is 28.1 Å². The second-order valence-electron chi connectivity index (χ2n) is 7.88. The summed E-state index contributed by atoms with van der Waals surface area (Å²) in [5.74, 6) is -0.949. The maximum Gasteiger partial charge on any atom is 0.294 e. The van der Waals surface area contributed by atoms with Gasteiger partial charge in [-0.25, -0.2) is 0 Å². The lowest BCUT2D eigenvalue weighted by molar-refractivity contribution is -0.383. The predicted octanol–water partition coefficient (Wildman–Crippen LogP) is 5.50. The standard InChI is InChI=1S/C24H22BrN3O5/c1-13-14(2)19(9-8-18(13)25)26-22-15-6-4-7-16-21(15)17(12-20(22)28(31)32)24(30)27(23(16)29)10-5-11-33-3/h4,6-9,12,26H,5,10-11H2,1-3H3. The molecule has 9 heteroatoms. The Morgan fingerprint density at radius 3 is 2.52 bits per heavy atom. The first kappa shape index (κ1) is 22.9. The van der Waals surface area contributed by atoms with Crippen LogP contribution >= 0.6 is 15.9 Å². The van der Waals surface area contributed by atoms with Gasteiger partial charge in [-0.2, -0.15) is 0 Å². The molecule has 33 heavy (non-hydrogen) atoms. The number of ether oxygens (including phenoxy) is 1. The maximum atomic E-state index is 13.2. The summed E-state index contributed by atoms with van der Waals surface area (Å²) < 4.78 is 5.96. The van der Waals surface area contributed by atoms with Gasteiger partial charge in [0.15, 0.2) is 0 Å². The molecule has 1 N–H and O–H groups in total. The number of carbonyl (C=O) groups excluding carboxylic acids is 2. The van der Waals surface area contributed by atoms with E-state index in [9.17, 15) is 19.7 Å². The van der Waals surface area contributed by atoms with Crippen LogP contribution in [0.5, 0.6) is 0 Å². The normalized spacial score (nSPS) is 13.0. The number of halogens is 1. The summed E-state index contributed by atoms with van der Waals surface area (Å²) in [5, 5.41) is 16.1. The first-order chi connectivity index (χ1) is 15.8. The second kappa shape index (κ2) is 8.92. The maximum absolute atomic E-state index is 13.2. The average Bonchev–Trinajstić information content (AvgIpc) is 2.80. The van der Waals surface area contributed by atoms with Gasteiger partial charge in [0.05, 0.1) is 10.5 Å². The Morgan fingerprint density at radius 1 is 1.09 bits per heavy atom. The first-order valence-corrected chi connectivity index (χ1v) is 11.2. The molecule has 1 aliphatic rings. The van der Waals surface area contributed by atoms with Gasteiger partial charge in [-0.05, 0) is 49.6 Å². The minimum Gasteiger partial charge on any atom is -0.385 e. The fourth-order valence-corrected chi connectivity index (χ4v) is 4.53. The summed E-state index contributed by atoms with van der Waals surface area (Å²) in [6, 6.07) is 9.99. The molecule has 8 nitrogen and oxygen atoms in total. The van der Waals surface area contributed by atoms with Crippen molar-refractivity contribution < 1.29 is 19.2 Å². The summed E-state index contributed by atoms with van der Waals surface area (Å²) in [7, 11) is 1.54. The highest BCUT2D eigenvalue weighted by atomic mass is 79.9. The van der Waals surface area contributed by atoms with Crippen LogP contribution in [0.3, 0.4) is 0 Å². The van der Waals surface area contributed by atoms with Crippen LogP contribution in [0.4, 0.5) is 17.1 Å². The van der Waals surface area contributed by atoms with E-state index in [0.717, 1.165) is 20.5 Å². The monoisotopic (exact) mass is 511 g/mol. The van der Waals surface area contributed by atoms with Gasteiger partial charge in [-0.3, -0.25) is 24.6 Å². The third kappa shape index (κ3) is 3.87. The van der Waals surface area contributed by atoms with Crippen molar-refractivity contribution in [3.8, 4) is 0 Å². The highest BCUT2D eigenvalue weighted by molar-refractivity contribution is 9.10. The fraction of sp³-hybridized carbons (Fsp3) is 0.250. The second-order valence-corrected chi connectivity index (χ2v) is 8.74. The molecule has 3 aromatic carbocycles. The van der Waals surface area contributed by atoms with Crippen molar-refractivity contribution in [2.75, 3.05) is 25.6 Å². The van der Waals surface area contributed by atoms with E-state index in [4.69, 9.17) is 4.74 Å². The van der Waals surface area contributed by atoms with Gasteiger partial charge in [0.25, 0.3) is 17.5 Å². The van der Waals surface area contributed by atoms with Gasteiger partial charge in [0.1, 0.15) is 5.69 Å². The van der Waals surface area contributed by atoms with E-state index in [1.807, 2.05) is 26.0 Å². The molecule has 0 aromatic heterocycles. The number of nitrogens with zero attached hydrogens (tertiary/aromatic N) is 2. The molecule has 0 unspecified atom stereocenters. The van der Waals surface area contributed by atoms with E-state index < -0.39 is 16.7 Å². The number of nitro groups is 1. The lowest BCUT2D eigenvalue weighted by Crippen LogP contribution is -2.41. The topological polar surface area (TPSA) is 102 Å². The number of hydrogen-bond acceptors (Lipinski definition) is 6. The zero-order chi connectivity index (χ0) is 23.9. The van der Waals surface area contributed by atoms with E-state index in [-0.39, 0.29) is 23.5 Å². The van der Waals surface area contributed by atoms with Crippen LogP contribution in [0.2, 0.25) is 0 Å². The first-order valence-electron chi connectivity index (χ1n) is 10.4. The number of benzene rings is 3. The molecular formula is C24H22BrN3O5. The summed E-state index contributed by atoms with van der Waals surface area (Å²) in [5.41, 5.74) is 3.15. The van der Waals surface area contributed by atoms with Crippen LogP contribution in [0, 0.1) is 24.0 Å². The van der Waals surface area contributed by atoms with Crippen molar-refractivity contribution in [1.82, 2.24) is 4.90 Å². The van der Waals surface area contributed by atoms with E-state index in [2.05, 4.69) is 21.2 Å². The average molecular weight is 512 g/mol. The Hall–Kier alpha value is -3.30. The number of amides is 2. The Balaban J connectivity index is 1.92. The van der Waals surface area contributed by atoms with Crippen LogP contribution < -0.4 is 5.32 Å². The number of methoxy groups -OCH3 is 1. The molecule has 0 aliphatic carbocycles. The highest BCUT2D eigenvalue weighted by Crippen LogP contribution is 2.42. The van der Waals surface area contributed by atoms with Crippen molar-refractivity contribution >= 4 is 55.6 Å². The summed E-state index contributed by atoms with van der Waals surface area (Å²) in [6.07, 6.45) is 0.475. The molecule has 0 radical (unpaired) electrons. The molecule has 0 fully saturated rings. The molecule has 170 valence electrons. The lowest BCUT2D eigenvalue weighted by atomic mass is 9.91. The number of carbonyl (C=O) groups is 2. The molecular weight excluding hydrogens is 490 g/mol. The van der Waals surface area contributed by atoms with Gasteiger partial charge in [0.2, 0.25) is 0 Å². The van der Waals surface area contributed by atoms with Crippen molar-refractivity contribution in [3.05, 3.63) is 73.2 Å². The molecule has 0 saturated heterocycles. The zero-order valence-electron chi connectivity index (χ0n) is 18.4. The lowest BCUT2D eigenvalue weighted by Gasteiger charge is -2.28. The van der Waals surface area contributed by atoms with E-state index in [0.29, 0.717) is 35.1 Å².